The first-order chi connectivity index (χ1) is 16.9. The molecule has 1 amide bonds. The van der Waals surface area contributed by atoms with Crippen molar-refractivity contribution < 1.29 is 24.2 Å². The van der Waals surface area contributed by atoms with Crippen LogP contribution < -0.4 is 10.5 Å². The maximum absolute atomic E-state index is 11.9. The number of nitrogens with two attached hydrogens (primary N) is 1. The van der Waals surface area contributed by atoms with Gasteiger partial charge in [0, 0.05) is 5.56 Å². The van der Waals surface area contributed by atoms with E-state index in [2.05, 4.69) is 11.7 Å². The Labute approximate surface area is 228 Å². The molecule has 1 aliphatic heterocycles. The number of hydrogen-bond acceptors (Lipinski definition) is 6. The summed E-state index contributed by atoms with van der Waals surface area (Å²) < 4.78 is 4.95. The fourth-order valence-corrected chi connectivity index (χ4v) is 3.76. The molecule has 0 fully saturated rings. The zero-order valence-electron chi connectivity index (χ0n) is 19.4. The van der Waals surface area contributed by atoms with Gasteiger partial charge in [-0.3, -0.25) is 9.59 Å². The number of carbonyl (C=O) groups is 3. The molecule has 0 bridgehead atoms. The third-order valence-corrected chi connectivity index (χ3v) is 6.61. The summed E-state index contributed by atoms with van der Waals surface area (Å²) in [4.78, 5) is 34.0. The van der Waals surface area contributed by atoms with Crippen LogP contribution in [0.4, 0.5) is 0 Å². The molecule has 0 radical (unpaired) electrons. The minimum Gasteiger partial charge on any atom is -0.480 e. The Morgan fingerprint density at radius 3 is 2.36 bits per heavy atom. The number of halogens is 4. The number of carbonyl (C=O) groups excluding carboxylic acids is 2. The number of amidine groups is 1. The molecule has 0 saturated heterocycles. The van der Waals surface area contributed by atoms with Crippen LogP contribution >= 0.6 is 46.4 Å². The third-order valence-electron chi connectivity index (χ3n) is 5.01. The lowest BCUT2D eigenvalue weighted by Gasteiger charge is -2.21. The second-order valence-electron chi connectivity index (χ2n) is 7.56. The predicted octanol–water partition coefficient (Wildman–Crippen LogP) is 6.16. The predicted molar refractivity (Wildman–Crippen MR) is 141 cm³/mol. The maximum Gasteiger partial charge on any atom is 0.341 e. The van der Waals surface area contributed by atoms with Crippen LogP contribution in [0, 0.1) is 0 Å². The van der Waals surface area contributed by atoms with Crippen molar-refractivity contribution in [1.82, 2.24) is 5.01 Å². The van der Waals surface area contributed by atoms with Gasteiger partial charge in [-0.05, 0) is 48.7 Å². The summed E-state index contributed by atoms with van der Waals surface area (Å²) in [6, 6.07) is 7.88. The molecule has 3 rings (SSSR count). The average Bonchev–Trinajstić information content (AvgIpc) is 3.18. The third kappa shape index (κ3) is 7.36. The van der Waals surface area contributed by atoms with Crippen molar-refractivity contribution in [3.63, 3.8) is 0 Å². The van der Waals surface area contributed by atoms with Crippen molar-refractivity contribution >= 4 is 69.9 Å². The summed E-state index contributed by atoms with van der Waals surface area (Å²) in [5.74, 6) is -1.08. The van der Waals surface area contributed by atoms with Gasteiger partial charge in [0.2, 0.25) is 0 Å². The Balaban J connectivity index is 0.000000255. The standard InChI is InChI=1S/C13H12Cl2O4.C11H11Cl2N3O/c1-3-7(2)13(18)8-4-5-9(12(15)11(8)14)19-6-10(16)17;1-6(16-11(17)5-10(14)15-16)7-2-3-8(12)9(13)4-7/h4-5H,2-3,6H2,1H3,(H,16,17);2-4,6H,5H2,1H3,(H2,14,15). The van der Waals surface area contributed by atoms with E-state index < -0.39 is 12.6 Å². The number of aliphatic carboxylic acids is 1. The van der Waals surface area contributed by atoms with Gasteiger partial charge < -0.3 is 15.6 Å². The summed E-state index contributed by atoms with van der Waals surface area (Å²) in [7, 11) is 0. The van der Waals surface area contributed by atoms with Gasteiger partial charge in [0.25, 0.3) is 5.91 Å². The lowest BCUT2D eigenvalue weighted by molar-refractivity contribution is -0.139. The van der Waals surface area contributed by atoms with Crippen molar-refractivity contribution in [2.45, 2.75) is 32.7 Å². The Bertz CT molecular complexity index is 1230. The van der Waals surface area contributed by atoms with Gasteiger partial charge in [-0.15, -0.1) is 0 Å². The van der Waals surface area contributed by atoms with Crippen molar-refractivity contribution in [3.05, 3.63) is 73.7 Å². The van der Waals surface area contributed by atoms with E-state index in [0.717, 1.165) is 5.56 Å². The molecule has 192 valence electrons. The summed E-state index contributed by atoms with van der Waals surface area (Å²) in [6.07, 6.45) is 0.676. The quantitative estimate of drug-likeness (QED) is 0.287. The summed E-state index contributed by atoms with van der Waals surface area (Å²) in [6.45, 7) is 6.77. The van der Waals surface area contributed by atoms with Gasteiger partial charge in [0.15, 0.2) is 12.4 Å². The van der Waals surface area contributed by atoms with E-state index in [4.69, 9.17) is 62.0 Å². The Kier molecular flexibility index (Phi) is 10.6. The fraction of sp³-hybridized carbons (Fsp3) is 0.250. The van der Waals surface area contributed by atoms with Crippen molar-refractivity contribution in [2.75, 3.05) is 6.61 Å². The van der Waals surface area contributed by atoms with Gasteiger partial charge in [0.05, 0.1) is 27.5 Å². The van der Waals surface area contributed by atoms with Crippen LogP contribution in [0.25, 0.3) is 0 Å². The highest BCUT2D eigenvalue weighted by Gasteiger charge is 2.27. The van der Waals surface area contributed by atoms with Crippen LogP contribution in [0.15, 0.2) is 47.6 Å². The lowest BCUT2D eigenvalue weighted by Crippen LogP contribution is -2.24. The first kappa shape index (κ1) is 29.5. The van der Waals surface area contributed by atoms with E-state index in [0.29, 0.717) is 27.9 Å². The number of hydrazone groups is 1. The number of rotatable bonds is 8. The number of allylic oxidation sites excluding steroid dienone is 1. The average molecular weight is 575 g/mol. The molecule has 36 heavy (non-hydrogen) atoms. The summed E-state index contributed by atoms with van der Waals surface area (Å²) in [5.41, 5.74) is 7.03. The summed E-state index contributed by atoms with van der Waals surface area (Å²) >= 11 is 23.7. The topological polar surface area (TPSA) is 122 Å². The first-order valence-electron chi connectivity index (χ1n) is 10.5. The molecule has 12 heteroatoms. The highest BCUT2D eigenvalue weighted by atomic mass is 35.5. The van der Waals surface area contributed by atoms with Crippen LogP contribution in [0.1, 0.15) is 48.7 Å². The SMILES string of the molecule is C=C(CC)C(=O)c1ccc(OCC(=O)O)c(Cl)c1Cl.CC(c1ccc(Cl)c(Cl)c1)N1N=C(N)CC1=O. The number of ketones is 1. The number of nitrogens with zero attached hydrogens (tertiary/aromatic N) is 2. The van der Waals surface area contributed by atoms with Crippen molar-refractivity contribution in [3.8, 4) is 5.75 Å². The molecule has 1 aliphatic rings. The molecule has 1 unspecified atom stereocenters. The minimum atomic E-state index is -1.13. The van der Waals surface area contributed by atoms with Gasteiger partial charge in [-0.25, -0.2) is 9.80 Å². The maximum atomic E-state index is 11.9. The Morgan fingerprint density at radius 2 is 1.83 bits per heavy atom. The lowest BCUT2D eigenvalue weighted by atomic mass is 10.0. The molecule has 0 aliphatic carbocycles. The van der Waals surface area contributed by atoms with Crippen molar-refractivity contribution in [1.29, 1.82) is 0 Å². The largest absolute Gasteiger partial charge is 0.480 e. The Hall–Kier alpha value is -2.78. The minimum absolute atomic E-state index is 0.0117. The highest BCUT2D eigenvalue weighted by Crippen LogP contribution is 2.36. The van der Waals surface area contributed by atoms with Crippen LogP contribution in [0.5, 0.6) is 5.75 Å². The molecule has 8 nitrogen and oxygen atoms in total. The molecule has 0 spiro atoms. The number of hydrogen-bond donors (Lipinski definition) is 2. The zero-order chi connectivity index (χ0) is 27.2. The smallest absolute Gasteiger partial charge is 0.341 e. The number of benzene rings is 2. The molecule has 3 N–H and O–H groups in total. The molecule has 1 heterocycles. The fourth-order valence-electron chi connectivity index (χ4n) is 2.99. The Morgan fingerprint density at radius 1 is 1.17 bits per heavy atom. The van der Waals surface area contributed by atoms with E-state index >= 15 is 0 Å². The van der Waals surface area contributed by atoms with Gasteiger partial charge in [-0.1, -0.05) is 66.0 Å². The van der Waals surface area contributed by atoms with E-state index in [1.54, 1.807) is 19.1 Å². The molecule has 2 aromatic carbocycles. The number of Topliss-reactive ketones (excluding diaryl/α,β-unsaturated/α-hetero) is 1. The van der Waals surface area contributed by atoms with E-state index in [1.165, 1.54) is 17.1 Å². The molecule has 0 aromatic heterocycles. The van der Waals surface area contributed by atoms with Gasteiger partial charge in [-0.2, -0.15) is 5.10 Å². The van der Waals surface area contributed by atoms with E-state index in [-0.39, 0.29) is 45.5 Å². The number of ether oxygens (including phenoxy) is 1. The molecule has 2 aromatic rings. The first-order valence-corrected chi connectivity index (χ1v) is 12.0. The highest BCUT2D eigenvalue weighted by molar-refractivity contribution is 6.45. The number of carboxylic acid groups (broad SMARTS) is 1. The normalized spacial score (nSPS) is 13.4. The van der Waals surface area contributed by atoms with E-state index in [1.807, 2.05) is 13.0 Å². The zero-order valence-corrected chi connectivity index (χ0v) is 22.4. The van der Waals surface area contributed by atoms with Crippen LogP contribution in [-0.4, -0.2) is 40.2 Å². The van der Waals surface area contributed by atoms with Gasteiger partial charge >= 0.3 is 5.97 Å². The molecular weight excluding hydrogens is 552 g/mol. The summed E-state index contributed by atoms with van der Waals surface area (Å²) in [5, 5.41) is 14.9. The number of carboxylic acids is 1. The molecular formula is C24H23Cl4N3O5. The van der Waals surface area contributed by atoms with Crippen LogP contribution in [0.3, 0.4) is 0 Å². The number of amides is 1. The molecule has 0 saturated carbocycles. The van der Waals surface area contributed by atoms with Crippen LogP contribution in [0.2, 0.25) is 20.1 Å². The molecule has 1 atom stereocenters. The van der Waals surface area contributed by atoms with Crippen molar-refractivity contribution in [2.24, 2.45) is 10.8 Å². The van der Waals surface area contributed by atoms with Gasteiger partial charge in [0.1, 0.15) is 16.6 Å². The van der Waals surface area contributed by atoms with E-state index in [9.17, 15) is 14.4 Å². The van der Waals surface area contributed by atoms with Crippen LogP contribution in [-0.2, 0) is 9.59 Å². The monoisotopic (exact) mass is 573 g/mol. The second kappa shape index (κ2) is 13.0. The second-order valence-corrected chi connectivity index (χ2v) is 9.13.